The summed E-state index contributed by atoms with van der Waals surface area (Å²) in [5.41, 5.74) is 1.26. The van der Waals surface area contributed by atoms with Crippen molar-refractivity contribution in [1.82, 2.24) is 5.32 Å². The monoisotopic (exact) mass is 344 g/mol. The van der Waals surface area contributed by atoms with E-state index in [1.807, 2.05) is 6.92 Å². The lowest BCUT2D eigenvalue weighted by molar-refractivity contribution is -0.121. The maximum Gasteiger partial charge on any atom is 0.258 e. The molecule has 2 amide bonds. The van der Waals surface area contributed by atoms with E-state index in [1.165, 1.54) is 18.2 Å². The normalized spacial score (nSPS) is 11.6. The third-order valence-electron chi connectivity index (χ3n) is 3.77. The second-order valence-corrected chi connectivity index (χ2v) is 5.66. The second kappa shape index (κ2) is 8.94. The molecule has 2 aromatic rings. The fraction of sp³-hybridized carbons (Fsp3) is 0.263. The molecule has 0 radical (unpaired) electrons. The summed E-state index contributed by atoms with van der Waals surface area (Å²) in [5.74, 6) is -1.29. The molecule has 0 aromatic heterocycles. The molecule has 0 aliphatic carbocycles. The molecule has 6 heteroatoms. The summed E-state index contributed by atoms with van der Waals surface area (Å²) in [6.45, 7) is 1.79. The predicted molar refractivity (Wildman–Crippen MR) is 93.8 cm³/mol. The third-order valence-corrected chi connectivity index (χ3v) is 3.77. The largest absolute Gasteiger partial charge is 0.394 e. The van der Waals surface area contributed by atoms with Crippen LogP contribution in [0, 0.1) is 5.82 Å². The molecule has 1 atom stereocenters. The zero-order valence-electron chi connectivity index (χ0n) is 14.0. The number of anilines is 1. The van der Waals surface area contributed by atoms with Crippen LogP contribution in [-0.2, 0) is 11.2 Å². The minimum absolute atomic E-state index is 0.0273. The molecule has 0 bridgehead atoms. The van der Waals surface area contributed by atoms with Crippen molar-refractivity contribution in [1.29, 1.82) is 0 Å². The molecule has 1 unspecified atom stereocenters. The molecular weight excluding hydrogens is 323 g/mol. The van der Waals surface area contributed by atoms with Crippen LogP contribution in [0.2, 0.25) is 0 Å². The van der Waals surface area contributed by atoms with Gasteiger partial charge in [0, 0.05) is 5.69 Å². The Hall–Kier alpha value is -2.73. The van der Waals surface area contributed by atoms with Crippen molar-refractivity contribution in [3.63, 3.8) is 0 Å². The summed E-state index contributed by atoms with van der Waals surface area (Å²) >= 11 is 0. The summed E-state index contributed by atoms with van der Waals surface area (Å²) in [6, 6.07) is 12.3. The molecule has 0 spiro atoms. The smallest absolute Gasteiger partial charge is 0.258 e. The van der Waals surface area contributed by atoms with Gasteiger partial charge in [0.1, 0.15) is 5.82 Å². The predicted octanol–water partition coefficient (Wildman–Crippen LogP) is 2.51. The van der Waals surface area contributed by atoms with Crippen LogP contribution < -0.4 is 10.6 Å². The van der Waals surface area contributed by atoms with E-state index in [1.54, 1.807) is 30.3 Å². The van der Waals surface area contributed by atoms with E-state index in [-0.39, 0.29) is 30.5 Å². The van der Waals surface area contributed by atoms with Gasteiger partial charge < -0.3 is 15.7 Å². The van der Waals surface area contributed by atoms with Gasteiger partial charge in [0.15, 0.2) is 0 Å². The van der Waals surface area contributed by atoms with Gasteiger partial charge in [-0.25, -0.2) is 4.39 Å². The van der Waals surface area contributed by atoms with Gasteiger partial charge in [-0.1, -0.05) is 31.2 Å². The van der Waals surface area contributed by atoms with Crippen LogP contribution in [0.1, 0.15) is 29.3 Å². The van der Waals surface area contributed by atoms with Crippen molar-refractivity contribution in [2.75, 3.05) is 11.9 Å². The Morgan fingerprint density at radius 1 is 1.12 bits per heavy atom. The maximum atomic E-state index is 13.6. The van der Waals surface area contributed by atoms with Crippen LogP contribution in [0.5, 0.6) is 0 Å². The van der Waals surface area contributed by atoms with Crippen molar-refractivity contribution in [2.45, 2.75) is 25.8 Å². The topological polar surface area (TPSA) is 78.4 Å². The Morgan fingerprint density at radius 2 is 1.80 bits per heavy atom. The van der Waals surface area contributed by atoms with Crippen molar-refractivity contribution in [3.8, 4) is 0 Å². The highest BCUT2D eigenvalue weighted by Gasteiger charge is 2.12. The summed E-state index contributed by atoms with van der Waals surface area (Å²) in [6.07, 6.45) is 0.835. The molecular formula is C19H21FN2O3. The molecule has 0 aliphatic heterocycles. The Kier molecular flexibility index (Phi) is 6.65. The molecule has 25 heavy (non-hydrogen) atoms. The average molecular weight is 344 g/mol. The number of halogens is 1. The van der Waals surface area contributed by atoms with Crippen LogP contribution in [0.4, 0.5) is 10.1 Å². The minimum atomic E-state index is -0.581. The lowest BCUT2D eigenvalue weighted by Gasteiger charge is -2.14. The number of rotatable bonds is 7. The van der Waals surface area contributed by atoms with Gasteiger partial charge in [0.25, 0.3) is 5.91 Å². The maximum absolute atomic E-state index is 13.6. The number of nitrogens with one attached hydrogen (secondary N) is 2. The zero-order chi connectivity index (χ0) is 18.2. The van der Waals surface area contributed by atoms with Crippen LogP contribution >= 0.6 is 0 Å². The van der Waals surface area contributed by atoms with E-state index in [0.717, 1.165) is 5.56 Å². The van der Waals surface area contributed by atoms with Crippen LogP contribution in [0.15, 0.2) is 48.5 Å². The Morgan fingerprint density at radius 3 is 2.40 bits per heavy atom. The van der Waals surface area contributed by atoms with Crippen LogP contribution in [-0.4, -0.2) is 29.6 Å². The lowest BCUT2D eigenvalue weighted by Crippen LogP contribution is -2.37. The lowest BCUT2D eigenvalue weighted by atomic mass is 10.1. The highest BCUT2D eigenvalue weighted by Crippen LogP contribution is 2.13. The van der Waals surface area contributed by atoms with Gasteiger partial charge in [-0.2, -0.15) is 0 Å². The highest BCUT2D eigenvalue weighted by atomic mass is 19.1. The Bertz CT molecular complexity index is 728. The Balaban J connectivity index is 1.95. The first kappa shape index (κ1) is 18.6. The standard InChI is InChI=1S/C19H21FN2O3/c1-2-14(12-23)21-18(24)11-13-7-9-15(10-8-13)22-19(25)16-5-3-4-6-17(16)20/h3-10,14,23H,2,11-12H2,1H3,(H,21,24)(H,22,25). The summed E-state index contributed by atoms with van der Waals surface area (Å²) < 4.78 is 13.6. The van der Waals surface area contributed by atoms with Gasteiger partial charge in [-0.15, -0.1) is 0 Å². The fourth-order valence-corrected chi connectivity index (χ4v) is 2.29. The number of benzene rings is 2. The number of amides is 2. The Labute approximate surface area is 145 Å². The van der Waals surface area contributed by atoms with Crippen molar-refractivity contribution in [2.24, 2.45) is 0 Å². The summed E-state index contributed by atoms with van der Waals surface area (Å²) in [4.78, 5) is 23.9. The van der Waals surface area contributed by atoms with Crippen molar-refractivity contribution in [3.05, 3.63) is 65.5 Å². The number of carbonyl (C=O) groups excluding carboxylic acids is 2. The molecule has 0 aliphatic rings. The number of hydrogen-bond acceptors (Lipinski definition) is 3. The summed E-state index contributed by atoms with van der Waals surface area (Å²) in [7, 11) is 0. The van der Waals surface area contributed by atoms with E-state index in [9.17, 15) is 14.0 Å². The number of carbonyl (C=O) groups is 2. The van der Waals surface area contributed by atoms with Crippen molar-refractivity contribution < 1.29 is 19.1 Å². The van der Waals surface area contributed by atoms with E-state index < -0.39 is 11.7 Å². The summed E-state index contributed by atoms with van der Waals surface area (Å²) in [5, 5.41) is 14.4. The fourth-order valence-electron chi connectivity index (χ4n) is 2.29. The van der Waals surface area contributed by atoms with Gasteiger partial charge in [0.2, 0.25) is 5.91 Å². The molecule has 0 saturated heterocycles. The second-order valence-electron chi connectivity index (χ2n) is 5.66. The molecule has 2 aromatic carbocycles. The van der Waals surface area contributed by atoms with E-state index in [4.69, 9.17) is 5.11 Å². The zero-order valence-corrected chi connectivity index (χ0v) is 14.0. The van der Waals surface area contributed by atoms with Gasteiger partial charge in [0.05, 0.1) is 24.6 Å². The molecule has 5 nitrogen and oxygen atoms in total. The van der Waals surface area contributed by atoms with Crippen molar-refractivity contribution >= 4 is 17.5 Å². The average Bonchev–Trinajstić information content (AvgIpc) is 2.61. The molecule has 2 rings (SSSR count). The van der Waals surface area contributed by atoms with E-state index in [2.05, 4.69) is 10.6 Å². The number of aliphatic hydroxyl groups excluding tert-OH is 1. The van der Waals surface area contributed by atoms with Crippen LogP contribution in [0.25, 0.3) is 0 Å². The molecule has 0 heterocycles. The first-order valence-electron chi connectivity index (χ1n) is 8.08. The molecule has 3 N–H and O–H groups in total. The highest BCUT2D eigenvalue weighted by molar-refractivity contribution is 6.04. The third kappa shape index (κ3) is 5.39. The molecule has 132 valence electrons. The van der Waals surface area contributed by atoms with Gasteiger partial charge in [-0.3, -0.25) is 9.59 Å². The number of hydrogen-bond donors (Lipinski definition) is 3. The molecule has 0 fully saturated rings. The minimum Gasteiger partial charge on any atom is -0.394 e. The van der Waals surface area contributed by atoms with Gasteiger partial charge >= 0.3 is 0 Å². The SMILES string of the molecule is CCC(CO)NC(=O)Cc1ccc(NC(=O)c2ccccc2F)cc1. The first-order chi connectivity index (χ1) is 12.0. The van der Waals surface area contributed by atoms with Crippen LogP contribution in [0.3, 0.4) is 0 Å². The first-order valence-corrected chi connectivity index (χ1v) is 8.08. The van der Waals surface area contributed by atoms with E-state index >= 15 is 0 Å². The van der Waals surface area contributed by atoms with E-state index in [0.29, 0.717) is 12.1 Å². The molecule has 0 saturated carbocycles. The van der Waals surface area contributed by atoms with Gasteiger partial charge in [-0.05, 0) is 36.2 Å². The quantitative estimate of drug-likeness (QED) is 0.722. The number of aliphatic hydroxyl groups is 1.